The summed E-state index contributed by atoms with van der Waals surface area (Å²) in [4.78, 5) is 24.7. The lowest BCUT2D eigenvalue weighted by atomic mass is 10.1. The zero-order valence-electron chi connectivity index (χ0n) is 13.2. The first kappa shape index (κ1) is 15.7. The molecule has 0 saturated heterocycles. The zero-order valence-corrected chi connectivity index (χ0v) is 14.0. The summed E-state index contributed by atoms with van der Waals surface area (Å²) in [6.45, 7) is 4.05. The van der Waals surface area contributed by atoms with E-state index in [2.05, 4.69) is 5.32 Å². The minimum Gasteiger partial charge on any atom is -0.462 e. The van der Waals surface area contributed by atoms with E-state index in [9.17, 15) is 9.59 Å². The van der Waals surface area contributed by atoms with Gasteiger partial charge in [-0.1, -0.05) is 17.7 Å². The normalized spacial score (nSPS) is 13.7. The highest BCUT2D eigenvalue weighted by atomic mass is 32.1. The zero-order chi connectivity index (χ0) is 16.4. The van der Waals surface area contributed by atoms with Crippen LogP contribution in [0.3, 0.4) is 0 Å². The van der Waals surface area contributed by atoms with Crippen molar-refractivity contribution in [3.8, 4) is 0 Å². The average molecular weight is 329 g/mol. The number of benzene rings is 1. The number of ether oxygens (including phenoxy) is 1. The maximum atomic E-state index is 12.4. The van der Waals surface area contributed by atoms with Crippen LogP contribution in [0.25, 0.3) is 0 Å². The molecular formula is C18H19NO3S. The summed E-state index contributed by atoms with van der Waals surface area (Å²) in [5.74, 6) is -0.131. The molecule has 120 valence electrons. The molecule has 1 N–H and O–H groups in total. The second kappa shape index (κ2) is 6.54. The first-order valence-corrected chi connectivity index (χ1v) is 8.64. The molecule has 0 atom stereocenters. The Morgan fingerprint density at radius 3 is 2.78 bits per heavy atom. The molecule has 5 heteroatoms. The summed E-state index contributed by atoms with van der Waals surface area (Å²) in [7, 11) is 0. The fourth-order valence-electron chi connectivity index (χ4n) is 2.53. The first-order valence-electron chi connectivity index (χ1n) is 7.76. The lowest BCUT2D eigenvalue weighted by Crippen LogP contribution is -2.15. The van der Waals surface area contributed by atoms with E-state index in [-0.39, 0.29) is 11.9 Å². The van der Waals surface area contributed by atoms with Gasteiger partial charge in [0.05, 0.1) is 12.2 Å². The highest BCUT2D eigenvalue weighted by molar-refractivity contribution is 7.15. The summed E-state index contributed by atoms with van der Waals surface area (Å²) in [6, 6.07) is 7.38. The summed E-state index contributed by atoms with van der Waals surface area (Å²) in [5.41, 5.74) is 3.14. The average Bonchev–Trinajstić information content (AvgIpc) is 3.28. The van der Waals surface area contributed by atoms with Crippen LogP contribution < -0.4 is 5.32 Å². The van der Waals surface area contributed by atoms with E-state index in [0.29, 0.717) is 28.7 Å². The Labute approximate surface area is 139 Å². The summed E-state index contributed by atoms with van der Waals surface area (Å²) < 4.78 is 5.17. The second-order valence-corrected chi connectivity index (χ2v) is 6.59. The highest BCUT2D eigenvalue weighted by Crippen LogP contribution is 2.46. The van der Waals surface area contributed by atoms with Gasteiger partial charge in [0.1, 0.15) is 5.00 Å². The molecule has 3 rings (SSSR count). The molecule has 1 aromatic carbocycles. The van der Waals surface area contributed by atoms with Gasteiger partial charge in [0.15, 0.2) is 0 Å². The van der Waals surface area contributed by atoms with Crippen LogP contribution >= 0.6 is 11.3 Å². The maximum Gasteiger partial charge on any atom is 0.341 e. The van der Waals surface area contributed by atoms with Crippen molar-refractivity contribution in [3.63, 3.8) is 0 Å². The second-order valence-electron chi connectivity index (χ2n) is 5.71. The van der Waals surface area contributed by atoms with Gasteiger partial charge in [-0.25, -0.2) is 4.79 Å². The number of hydrogen-bond donors (Lipinski definition) is 1. The van der Waals surface area contributed by atoms with Crippen molar-refractivity contribution in [3.05, 3.63) is 51.9 Å². The molecule has 1 heterocycles. The van der Waals surface area contributed by atoms with Crippen molar-refractivity contribution >= 4 is 28.2 Å². The summed E-state index contributed by atoms with van der Waals surface area (Å²) >= 11 is 1.39. The number of hydrogen-bond acceptors (Lipinski definition) is 4. The van der Waals surface area contributed by atoms with Gasteiger partial charge >= 0.3 is 5.97 Å². The van der Waals surface area contributed by atoms with Crippen LogP contribution in [0.2, 0.25) is 0 Å². The third-order valence-electron chi connectivity index (χ3n) is 3.82. The van der Waals surface area contributed by atoms with Crippen LogP contribution in [0.5, 0.6) is 0 Å². The Morgan fingerprint density at radius 2 is 2.13 bits per heavy atom. The molecule has 1 aliphatic carbocycles. The quantitative estimate of drug-likeness (QED) is 0.829. The molecule has 1 aliphatic rings. The molecule has 1 amide bonds. The number of carbonyl (C=O) groups excluding carboxylic acids is 2. The van der Waals surface area contributed by atoms with Crippen molar-refractivity contribution < 1.29 is 14.3 Å². The Bertz CT molecular complexity index is 746. The third-order valence-corrected chi connectivity index (χ3v) is 4.74. The molecule has 23 heavy (non-hydrogen) atoms. The van der Waals surface area contributed by atoms with Gasteiger partial charge < -0.3 is 10.1 Å². The molecule has 0 spiro atoms. The van der Waals surface area contributed by atoms with E-state index < -0.39 is 0 Å². The molecule has 0 unspecified atom stereocenters. The number of nitrogens with one attached hydrogen (secondary N) is 1. The topological polar surface area (TPSA) is 55.4 Å². The number of amides is 1. The Balaban J connectivity index is 1.87. The molecule has 4 nitrogen and oxygen atoms in total. The summed E-state index contributed by atoms with van der Waals surface area (Å²) in [5, 5.41) is 5.42. The van der Waals surface area contributed by atoms with Gasteiger partial charge in [-0.3, -0.25) is 4.79 Å². The summed E-state index contributed by atoms with van der Waals surface area (Å²) in [6.07, 6.45) is 2.18. The van der Waals surface area contributed by atoms with Crippen LogP contribution in [0.4, 0.5) is 5.00 Å². The molecule has 0 bridgehead atoms. The molecule has 2 aromatic rings. The molecular weight excluding hydrogens is 310 g/mol. The van der Waals surface area contributed by atoms with Crippen LogP contribution in [0, 0.1) is 6.92 Å². The van der Waals surface area contributed by atoms with Gasteiger partial charge in [-0.15, -0.1) is 11.3 Å². The van der Waals surface area contributed by atoms with E-state index in [1.807, 2.05) is 30.5 Å². The predicted molar refractivity (Wildman–Crippen MR) is 91.4 cm³/mol. The molecule has 1 saturated carbocycles. The maximum absolute atomic E-state index is 12.4. The van der Waals surface area contributed by atoms with Gasteiger partial charge in [0.25, 0.3) is 5.91 Å². The molecule has 0 aliphatic heterocycles. The number of carbonyl (C=O) groups is 2. The van der Waals surface area contributed by atoms with Crippen molar-refractivity contribution in [1.29, 1.82) is 0 Å². The molecule has 0 radical (unpaired) electrons. The van der Waals surface area contributed by atoms with E-state index >= 15 is 0 Å². The number of aryl methyl sites for hydroxylation is 1. The van der Waals surface area contributed by atoms with Crippen LogP contribution in [-0.2, 0) is 4.74 Å². The van der Waals surface area contributed by atoms with Gasteiger partial charge in [-0.2, -0.15) is 0 Å². The highest BCUT2D eigenvalue weighted by Gasteiger charge is 2.32. The van der Waals surface area contributed by atoms with Crippen molar-refractivity contribution in [2.75, 3.05) is 11.9 Å². The third kappa shape index (κ3) is 3.45. The number of thiophene rings is 1. The van der Waals surface area contributed by atoms with E-state index in [4.69, 9.17) is 4.74 Å². The van der Waals surface area contributed by atoms with E-state index in [1.165, 1.54) is 11.3 Å². The Kier molecular flexibility index (Phi) is 4.48. The van der Waals surface area contributed by atoms with Crippen molar-refractivity contribution in [2.45, 2.75) is 32.6 Å². The smallest absolute Gasteiger partial charge is 0.341 e. The van der Waals surface area contributed by atoms with Crippen LogP contribution in [-0.4, -0.2) is 18.5 Å². The number of anilines is 1. The van der Waals surface area contributed by atoms with Gasteiger partial charge in [0, 0.05) is 5.56 Å². The van der Waals surface area contributed by atoms with Crippen LogP contribution in [0.1, 0.15) is 57.5 Å². The largest absolute Gasteiger partial charge is 0.462 e. The fourth-order valence-corrected chi connectivity index (χ4v) is 3.56. The number of esters is 1. The SMILES string of the molecule is CCOC(=O)c1c(C2CC2)csc1NC(=O)c1cccc(C)c1. The van der Waals surface area contributed by atoms with Crippen LogP contribution in [0.15, 0.2) is 29.6 Å². The van der Waals surface area contributed by atoms with E-state index in [0.717, 1.165) is 24.0 Å². The standard InChI is InChI=1S/C18H19NO3S/c1-3-22-18(21)15-14(12-7-8-12)10-23-17(15)19-16(20)13-6-4-5-11(2)9-13/h4-6,9-10,12H,3,7-8H2,1-2H3,(H,19,20). The number of rotatable bonds is 5. The predicted octanol–water partition coefficient (Wildman–Crippen LogP) is 4.36. The molecule has 1 aromatic heterocycles. The van der Waals surface area contributed by atoms with Crippen molar-refractivity contribution in [2.24, 2.45) is 0 Å². The van der Waals surface area contributed by atoms with E-state index in [1.54, 1.807) is 13.0 Å². The monoisotopic (exact) mass is 329 g/mol. The Hall–Kier alpha value is -2.14. The first-order chi connectivity index (χ1) is 11.1. The molecule has 1 fully saturated rings. The van der Waals surface area contributed by atoms with Gasteiger partial charge in [-0.05, 0) is 55.7 Å². The minimum absolute atomic E-state index is 0.205. The lowest BCUT2D eigenvalue weighted by molar-refractivity contribution is 0.0527. The van der Waals surface area contributed by atoms with Gasteiger partial charge in [0.2, 0.25) is 0 Å². The van der Waals surface area contributed by atoms with Crippen molar-refractivity contribution in [1.82, 2.24) is 0 Å². The fraction of sp³-hybridized carbons (Fsp3) is 0.333. The lowest BCUT2D eigenvalue weighted by Gasteiger charge is -2.08. The Morgan fingerprint density at radius 1 is 1.35 bits per heavy atom. The minimum atomic E-state index is -0.352.